The number of rotatable bonds is 17. The van der Waals surface area contributed by atoms with Crippen LogP contribution < -0.4 is 0 Å². The van der Waals surface area contributed by atoms with Gasteiger partial charge in [-0.25, -0.2) is 43.9 Å². The average molecular weight is 1490 g/mol. The Balaban J connectivity index is 0.000000168. The van der Waals surface area contributed by atoms with Crippen molar-refractivity contribution in [2.24, 2.45) is 20.6 Å². The zero-order valence-electron chi connectivity index (χ0n) is 57.8. The number of hydrogen-bond acceptors (Lipinski definition) is 16. The van der Waals surface area contributed by atoms with Gasteiger partial charge in [0.15, 0.2) is 6.29 Å². The Bertz CT molecular complexity index is 4280. The van der Waals surface area contributed by atoms with Crippen LogP contribution in [0.1, 0.15) is 152 Å². The molecule has 0 spiro atoms. The molecule has 107 heavy (non-hydrogen) atoms. The van der Waals surface area contributed by atoms with Gasteiger partial charge in [0.1, 0.15) is 88.7 Å². The lowest BCUT2D eigenvalue weighted by molar-refractivity contribution is -0.154. The molecule has 1 saturated heterocycles. The number of carboxylic acid groups (broad SMARTS) is 1. The fourth-order valence-electron chi connectivity index (χ4n) is 12.2. The molecule has 1 amide bonds. The lowest BCUT2D eigenvalue weighted by Crippen LogP contribution is -2.41. The predicted molar refractivity (Wildman–Crippen MR) is 373 cm³/mol. The number of carboxylic acids is 1. The van der Waals surface area contributed by atoms with E-state index in [2.05, 4.69) is 51.5 Å². The highest BCUT2D eigenvalue weighted by molar-refractivity contribution is 6.03. The van der Waals surface area contributed by atoms with Gasteiger partial charge in [-0.2, -0.15) is 0 Å². The Hall–Kier alpha value is -11.0. The second-order valence-electron chi connectivity index (χ2n) is 25.1. The van der Waals surface area contributed by atoms with Crippen LogP contribution in [-0.4, -0.2) is 125 Å². The molecule has 4 heterocycles. The summed E-state index contributed by atoms with van der Waals surface area (Å²) in [5.74, 6) is -7.92. The highest BCUT2D eigenvalue weighted by atomic mass is 19.2. The highest BCUT2D eigenvalue weighted by Crippen LogP contribution is 2.37. The molecule has 0 aromatic heterocycles. The molecular formula is C79H77F10N5O13. The molecular weight excluding hydrogens is 1420 g/mol. The quantitative estimate of drug-likeness (QED) is 0.0164. The number of nitrogens with zero attached hydrogens (tertiary/aromatic N) is 5. The molecule has 2 N–H and O–H groups in total. The summed E-state index contributed by atoms with van der Waals surface area (Å²) in [5.41, 5.74) is 4.02. The number of aldehydes is 1. The van der Waals surface area contributed by atoms with Gasteiger partial charge in [0.05, 0.1) is 67.8 Å². The molecule has 566 valence electrons. The third-order valence-corrected chi connectivity index (χ3v) is 17.5. The molecule has 28 heteroatoms. The molecule has 3 fully saturated rings. The van der Waals surface area contributed by atoms with Gasteiger partial charge in [0.25, 0.3) is 0 Å². The largest absolute Gasteiger partial charge is 0.481 e. The highest BCUT2D eigenvalue weighted by Gasteiger charge is 2.35. The molecule has 18 nitrogen and oxygen atoms in total. The van der Waals surface area contributed by atoms with Crippen molar-refractivity contribution in [3.05, 3.63) is 261 Å². The molecule has 7 aromatic rings. The summed E-state index contributed by atoms with van der Waals surface area (Å²) in [6, 6.07) is 36.1. The van der Waals surface area contributed by atoms with Crippen molar-refractivity contribution in [1.82, 2.24) is 4.90 Å². The van der Waals surface area contributed by atoms with Crippen LogP contribution in [0, 0.1) is 58.2 Å². The van der Waals surface area contributed by atoms with Crippen molar-refractivity contribution >= 4 is 53.5 Å². The summed E-state index contributed by atoms with van der Waals surface area (Å²) in [5, 5.41) is 30.5. The number of benzene rings is 7. The smallest absolute Gasteiger partial charge is 0.309 e. The van der Waals surface area contributed by atoms with E-state index in [-0.39, 0.29) is 95.9 Å². The van der Waals surface area contributed by atoms with Crippen molar-refractivity contribution in [1.29, 1.82) is 0 Å². The first-order chi connectivity index (χ1) is 51.6. The predicted octanol–water partition coefficient (Wildman–Crippen LogP) is 16.1. The normalized spacial score (nSPS) is 19.8. The first-order valence-electron chi connectivity index (χ1n) is 34.3. The molecule has 7 atom stereocenters. The Kier molecular flexibility index (Phi) is 31.7. The number of hydrogen-bond donors (Lipinski definition) is 2. The first kappa shape index (κ1) is 81.6. The van der Waals surface area contributed by atoms with E-state index in [1.165, 1.54) is 53.9 Å². The number of carbonyl (C=O) groups excluding carboxylic acids is 4. The lowest BCUT2D eigenvalue weighted by Gasteiger charge is -2.31. The molecule has 0 unspecified atom stereocenters. The Labute approximate surface area is 609 Å². The lowest BCUT2D eigenvalue weighted by atomic mass is 9.81. The summed E-state index contributed by atoms with van der Waals surface area (Å²) in [7, 11) is 0. The number of carbonyl (C=O) groups is 5. The number of amides is 1. The topological polar surface area (TPSA) is 234 Å². The van der Waals surface area contributed by atoms with Gasteiger partial charge in [-0.1, -0.05) is 100 Å². The number of aliphatic carboxylic acids is 1. The maximum atomic E-state index is 13.9. The van der Waals surface area contributed by atoms with Crippen molar-refractivity contribution in [3.63, 3.8) is 0 Å². The van der Waals surface area contributed by atoms with Crippen molar-refractivity contribution in [3.8, 4) is 0 Å². The number of oxime groups is 4. The van der Waals surface area contributed by atoms with Crippen LogP contribution >= 0.6 is 0 Å². The standard InChI is InChI=1S/C23H23F2NO3.C16H20O2.C15H16F2N2O3.C11H9F2NO3.C7H5F2NO.C7H4F2O/c24-16-10-11-19(20(25)12-16)21-13-17(29-26-21)14-23(27)28-22-9-5-4-8-18(22)15-6-2-1-3-7-15;1-2-8-16(17)18-15-12-7-6-11-14(15)13-9-4-3-5-10-13;16-10-1-2-12(13(17)7-10)14-8-11(22-18-14)9-15(20)19-3-5-21-6-4-19;12-6-1-2-8(9(13)3-6)10-4-7(17-14-10)5-11(15)16;8-6-2-1-5(4-10-11)7(9)3-6;8-6-2-1-5(4-10)7(9)3-6/h1-3,6-7,10-12,17-18,22H,4-5,8-9,13-14H2;2-5,9-10,14-15H,1,6-8,11-12H2;1-2,7,11H,3-6,8-9H2;1-3,7H,4-5H2,(H,15,16);1-4,11H;1-4H/b;;;;10-4+;/t17-,18+,22-;14-,15+;11-;7-;;/m1011../s1. The van der Waals surface area contributed by atoms with Gasteiger partial charge in [0.2, 0.25) is 5.91 Å². The number of esters is 2. The molecule has 2 aliphatic carbocycles. The Morgan fingerprint density at radius 3 is 1.27 bits per heavy atom. The molecule has 4 aliphatic heterocycles. The first-order valence-corrected chi connectivity index (χ1v) is 34.3. The van der Waals surface area contributed by atoms with Gasteiger partial charge in [-0.15, -0.1) is 6.58 Å². The maximum absolute atomic E-state index is 13.9. The van der Waals surface area contributed by atoms with E-state index in [4.69, 9.17) is 39.0 Å². The Morgan fingerprint density at radius 1 is 0.495 bits per heavy atom. The SMILES string of the molecule is C=CCC(=O)O[C@@H]1CCCC[C@H]1c1ccccc1.O/N=C/c1ccc(F)cc1F.O=C(C[C@H]1CC(c2ccc(F)cc2F)=NO1)N1CCOCC1.O=C(C[C@H]1CC(c2ccc(F)cc2F)=NO1)O[C@@H]1CCCC[C@H]1c1ccccc1.O=C(O)C[C@H]1CC(c2ccc(F)cc2F)=NO1.O=Cc1ccc(F)cc1F. The summed E-state index contributed by atoms with van der Waals surface area (Å²) < 4.78 is 146. The van der Waals surface area contributed by atoms with Crippen LogP contribution in [0.4, 0.5) is 43.9 Å². The summed E-state index contributed by atoms with van der Waals surface area (Å²) in [6.07, 6.45) is 10.9. The number of ether oxygens (including phenoxy) is 3. The second-order valence-corrected chi connectivity index (χ2v) is 25.1. The van der Waals surface area contributed by atoms with Crippen LogP contribution in [0.5, 0.6) is 0 Å². The van der Waals surface area contributed by atoms with Crippen LogP contribution in [0.2, 0.25) is 0 Å². The Morgan fingerprint density at radius 2 is 0.879 bits per heavy atom. The van der Waals surface area contributed by atoms with E-state index < -0.39 is 82.5 Å². The van der Waals surface area contributed by atoms with Crippen molar-refractivity contribution in [2.45, 2.75) is 139 Å². The van der Waals surface area contributed by atoms with Gasteiger partial charge in [-0.3, -0.25) is 24.0 Å². The molecule has 7 aromatic carbocycles. The molecule has 6 aliphatic rings. The maximum Gasteiger partial charge on any atom is 0.309 e. The second kappa shape index (κ2) is 41.6. The molecule has 2 saturated carbocycles. The number of halogens is 10. The van der Waals surface area contributed by atoms with Crippen LogP contribution in [0.15, 0.2) is 185 Å². The van der Waals surface area contributed by atoms with Crippen molar-refractivity contribution in [2.75, 3.05) is 26.3 Å². The zero-order valence-corrected chi connectivity index (χ0v) is 57.8. The average Bonchev–Trinajstić information content (AvgIpc) is 1.74. The van der Waals surface area contributed by atoms with Crippen molar-refractivity contribution < 1.29 is 107 Å². The van der Waals surface area contributed by atoms with Crippen LogP contribution in [0.3, 0.4) is 0 Å². The summed E-state index contributed by atoms with van der Waals surface area (Å²) in [4.78, 5) is 73.8. The zero-order chi connectivity index (χ0) is 76.8. The molecule has 0 bridgehead atoms. The minimum atomic E-state index is -1.01. The fourth-order valence-corrected chi connectivity index (χ4v) is 12.2. The van der Waals surface area contributed by atoms with E-state index in [0.29, 0.717) is 74.6 Å². The molecule has 13 rings (SSSR count). The minimum absolute atomic E-state index is 0.0238. The van der Waals surface area contributed by atoms with E-state index >= 15 is 0 Å². The van der Waals surface area contributed by atoms with Gasteiger partial charge in [0, 0.05) is 96.8 Å². The fraction of sp³-hybridized carbons (Fsp3) is 0.329. The third-order valence-electron chi connectivity index (χ3n) is 17.5. The van der Waals surface area contributed by atoms with Gasteiger partial charge < -0.3 is 43.9 Å². The van der Waals surface area contributed by atoms with Crippen LogP contribution in [-0.2, 0) is 47.9 Å². The number of morpholine rings is 1. The van der Waals surface area contributed by atoms with E-state index in [0.717, 1.165) is 99.7 Å². The van der Waals surface area contributed by atoms with E-state index in [9.17, 15) is 67.9 Å². The summed E-state index contributed by atoms with van der Waals surface area (Å²) >= 11 is 0. The van der Waals surface area contributed by atoms with Gasteiger partial charge >= 0.3 is 17.9 Å². The van der Waals surface area contributed by atoms with Crippen LogP contribution in [0.25, 0.3) is 0 Å². The van der Waals surface area contributed by atoms with Gasteiger partial charge in [-0.05, 0) is 110 Å². The monoisotopic (exact) mass is 1490 g/mol. The van der Waals surface area contributed by atoms with E-state index in [1.54, 1.807) is 11.0 Å². The molecule has 0 radical (unpaired) electrons. The minimum Gasteiger partial charge on any atom is -0.481 e. The van der Waals surface area contributed by atoms with E-state index in [1.807, 2.05) is 36.4 Å². The third kappa shape index (κ3) is 25.6. The summed E-state index contributed by atoms with van der Waals surface area (Å²) in [6.45, 7) is 5.80.